The number of halogens is 1. The summed E-state index contributed by atoms with van der Waals surface area (Å²) >= 11 is 0. The summed E-state index contributed by atoms with van der Waals surface area (Å²) in [6.45, 7) is 4.18. The van der Waals surface area contributed by atoms with Gasteiger partial charge in [0.2, 0.25) is 5.91 Å². The van der Waals surface area contributed by atoms with Gasteiger partial charge in [0.05, 0.1) is 11.8 Å². The second-order valence-electron chi connectivity index (χ2n) is 4.25. The van der Waals surface area contributed by atoms with Crippen molar-refractivity contribution in [2.24, 2.45) is 5.73 Å². The number of rotatable bonds is 6. The molecule has 0 saturated carbocycles. The van der Waals surface area contributed by atoms with E-state index in [9.17, 15) is 9.18 Å². The minimum atomic E-state index is -0.416. The Morgan fingerprint density at radius 1 is 1.50 bits per heavy atom. The van der Waals surface area contributed by atoms with Crippen LogP contribution in [0.5, 0.6) is 5.75 Å². The molecule has 5 heteroatoms. The average Bonchev–Trinajstić information content (AvgIpc) is 2.29. The molecule has 100 valence electrons. The summed E-state index contributed by atoms with van der Waals surface area (Å²) < 4.78 is 18.7. The number of amides is 1. The van der Waals surface area contributed by atoms with E-state index in [1.165, 1.54) is 18.2 Å². The number of benzene rings is 1. The molecular weight excluding hydrogens is 235 g/mol. The maximum atomic E-state index is 13.2. The normalized spacial score (nSPS) is 10.5. The molecule has 4 nitrogen and oxygen atoms in total. The first kappa shape index (κ1) is 14.4. The van der Waals surface area contributed by atoms with Crippen LogP contribution in [0.25, 0.3) is 0 Å². The van der Waals surface area contributed by atoms with Crippen LogP contribution in [0.1, 0.15) is 26.7 Å². The van der Waals surface area contributed by atoms with E-state index in [0.29, 0.717) is 30.8 Å². The summed E-state index contributed by atoms with van der Waals surface area (Å²) in [5, 5.41) is 2.63. The molecule has 3 N–H and O–H groups in total. The minimum Gasteiger partial charge on any atom is -0.489 e. The van der Waals surface area contributed by atoms with Gasteiger partial charge in [-0.2, -0.15) is 0 Å². The standard InChI is InChI=1S/C13H19FN2O2/c1-9(2)18-12-6-5-10(14)8-11(12)16-13(17)4-3-7-15/h5-6,8-9H,3-4,7,15H2,1-2H3,(H,16,17). The van der Waals surface area contributed by atoms with E-state index in [1.807, 2.05) is 13.8 Å². The summed E-state index contributed by atoms with van der Waals surface area (Å²) in [6.07, 6.45) is 0.866. The van der Waals surface area contributed by atoms with Crippen molar-refractivity contribution in [1.82, 2.24) is 0 Å². The highest BCUT2D eigenvalue weighted by molar-refractivity contribution is 5.92. The van der Waals surface area contributed by atoms with Crippen LogP contribution in [0.4, 0.5) is 10.1 Å². The van der Waals surface area contributed by atoms with Crippen molar-refractivity contribution >= 4 is 11.6 Å². The van der Waals surface area contributed by atoms with Crippen molar-refractivity contribution in [3.05, 3.63) is 24.0 Å². The molecule has 1 aromatic rings. The van der Waals surface area contributed by atoms with Crippen molar-refractivity contribution in [3.63, 3.8) is 0 Å². The Morgan fingerprint density at radius 2 is 2.22 bits per heavy atom. The van der Waals surface area contributed by atoms with Gasteiger partial charge in [0.1, 0.15) is 11.6 Å². The molecule has 0 radical (unpaired) electrons. The zero-order valence-electron chi connectivity index (χ0n) is 10.7. The number of hydrogen-bond donors (Lipinski definition) is 2. The van der Waals surface area contributed by atoms with Gasteiger partial charge in [-0.25, -0.2) is 4.39 Å². The fourth-order valence-corrected chi connectivity index (χ4v) is 1.43. The third-order valence-electron chi connectivity index (χ3n) is 2.19. The van der Waals surface area contributed by atoms with Crippen LogP contribution in [0.3, 0.4) is 0 Å². The third-order valence-corrected chi connectivity index (χ3v) is 2.19. The molecule has 1 rings (SSSR count). The highest BCUT2D eigenvalue weighted by Gasteiger charge is 2.10. The van der Waals surface area contributed by atoms with Crippen LogP contribution in [0.15, 0.2) is 18.2 Å². The van der Waals surface area contributed by atoms with Gasteiger partial charge in [0.15, 0.2) is 0 Å². The average molecular weight is 254 g/mol. The van der Waals surface area contributed by atoms with Crippen LogP contribution in [-0.2, 0) is 4.79 Å². The topological polar surface area (TPSA) is 64.3 Å². The van der Waals surface area contributed by atoms with Crippen LogP contribution >= 0.6 is 0 Å². The first-order chi connectivity index (χ1) is 8.52. The molecule has 0 heterocycles. The summed E-state index contributed by atoms with van der Waals surface area (Å²) in [5.74, 6) is -0.146. The smallest absolute Gasteiger partial charge is 0.224 e. The molecule has 0 bridgehead atoms. The third kappa shape index (κ3) is 4.71. The maximum Gasteiger partial charge on any atom is 0.224 e. The van der Waals surface area contributed by atoms with E-state index in [0.717, 1.165) is 0 Å². The van der Waals surface area contributed by atoms with Crippen molar-refractivity contribution < 1.29 is 13.9 Å². The highest BCUT2D eigenvalue weighted by atomic mass is 19.1. The van der Waals surface area contributed by atoms with E-state index in [2.05, 4.69) is 5.32 Å². The molecule has 0 spiro atoms. The zero-order valence-corrected chi connectivity index (χ0v) is 10.7. The Kier molecular flexibility index (Phi) is 5.58. The number of anilines is 1. The number of carbonyl (C=O) groups is 1. The van der Waals surface area contributed by atoms with Gasteiger partial charge in [-0.3, -0.25) is 4.79 Å². The summed E-state index contributed by atoms with van der Waals surface area (Å²) in [5.41, 5.74) is 5.68. The molecule has 0 atom stereocenters. The van der Waals surface area contributed by atoms with E-state index in [1.54, 1.807) is 0 Å². The van der Waals surface area contributed by atoms with Crippen molar-refractivity contribution in [3.8, 4) is 5.75 Å². The van der Waals surface area contributed by atoms with E-state index in [4.69, 9.17) is 10.5 Å². The van der Waals surface area contributed by atoms with Gasteiger partial charge in [-0.15, -0.1) is 0 Å². The van der Waals surface area contributed by atoms with Crippen molar-refractivity contribution in [1.29, 1.82) is 0 Å². The zero-order chi connectivity index (χ0) is 13.5. The Labute approximate surface area is 106 Å². The van der Waals surface area contributed by atoms with Gasteiger partial charge in [-0.1, -0.05) is 0 Å². The van der Waals surface area contributed by atoms with E-state index in [-0.39, 0.29) is 12.0 Å². The summed E-state index contributed by atoms with van der Waals surface area (Å²) in [6, 6.07) is 4.05. The summed E-state index contributed by atoms with van der Waals surface area (Å²) in [7, 11) is 0. The monoisotopic (exact) mass is 254 g/mol. The maximum absolute atomic E-state index is 13.2. The van der Waals surface area contributed by atoms with Gasteiger partial charge < -0.3 is 15.8 Å². The Morgan fingerprint density at radius 3 is 2.83 bits per heavy atom. The molecule has 0 fully saturated rings. The Balaban J connectivity index is 2.78. The van der Waals surface area contributed by atoms with E-state index < -0.39 is 5.82 Å². The molecule has 0 aliphatic rings. The number of nitrogens with two attached hydrogens (primary N) is 1. The quantitative estimate of drug-likeness (QED) is 0.818. The number of nitrogens with one attached hydrogen (secondary N) is 1. The molecule has 18 heavy (non-hydrogen) atoms. The fourth-order valence-electron chi connectivity index (χ4n) is 1.43. The Hall–Kier alpha value is -1.62. The second-order valence-corrected chi connectivity index (χ2v) is 4.25. The number of carbonyl (C=O) groups excluding carboxylic acids is 1. The lowest BCUT2D eigenvalue weighted by atomic mass is 10.2. The molecule has 0 saturated heterocycles. The largest absolute Gasteiger partial charge is 0.489 e. The van der Waals surface area contributed by atoms with Crippen molar-refractivity contribution in [2.75, 3.05) is 11.9 Å². The van der Waals surface area contributed by atoms with Crippen LogP contribution in [0, 0.1) is 5.82 Å². The van der Waals surface area contributed by atoms with Gasteiger partial charge in [0.25, 0.3) is 0 Å². The molecule has 0 aliphatic heterocycles. The minimum absolute atomic E-state index is 0.0462. The fraction of sp³-hybridized carbons (Fsp3) is 0.462. The summed E-state index contributed by atoms with van der Waals surface area (Å²) in [4.78, 5) is 11.6. The van der Waals surface area contributed by atoms with E-state index >= 15 is 0 Å². The Bertz CT molecular complexity index is 408. The van der Waals surface area contributed by atoms with Gasteiger partial charge >= 0.3 is 0 Å². The first-order valence-electron chi connectivity index (χ1n) is 5.99. The molecule has 1 aromatic carbocycles. The van der Waals surface area contributed by atoms with Gasteiger partial charge in [-0.05, 0) is 38.9 Å². The lowest BCUT2D eigenvalue weighted by molar-refractivity contribution is -0.116. The second kappa shape index (κ2) is 6.96. The van der Waals surface area contributed by atoms with Crippen LogP contribution in [0.2, 0.25) is 0 Å². The molecular formula is C13H19FN2O2. The predicted molar refractivity (Wildman–Crippen MR) is 69.1 cm³/mol. The van der Waals surface area contributed by atoms with Gasteiger partial charge in [0, 0.05) is 12.5 Å². The SMILES string of the molecule is CC(C)Oc1ccc(F)cc1NC(=O)CCCN. The molecule has 0 unspecified atom stereocenters. The predicted octanol–water partition coefficient (Wildman–Crippen LogP) is 2.29. The lowest BCUT2D eigenvalue weighted by Crippen LogP contribution is -2.15. The number of hydrogen-bond acceptors (Lipinski definition) is 3. The van der Waals surface area contributed by atoms with Crippen LogP contribution < -0.4 is 15.8 Å². The molecule has 0 aliphatic carbocycles. The molecule has 0 aromatic heterocycles. The highest BCUT2D eigenvalue weighted by Crippen LogP contribution is 2.26. The first-order valence-corrected chi connectivity index (χ1v) is 5.99. The van der Waals surface area contributed by atoms with Crippen LogP contribution in [-0.4, -0.2) is 18.6 Å². The number of ether oxygens (including phenoxy) is 1. The van der Waals surface area contributed by atoms with Crippen molar-refractivity contribution in [2.45, 2.75) is 32.8 Å². The molecule has 1 amide bonds. The lowest BCUT2D eigenvalue weighted by Gasteiger charge is -2.15.